The summed E-state index contributed by atoms with van der Waals surface area (Å²) in [6.45, 7) is 4.72. The Morgan fingerprint density at radius 2 is 1.64 bits per heavy atom. The molecule has 0 saturated carbocycles. The molecule has 5 heteroatoms. The van der Waals surface area contributed by atoms with Crippen LogP contribution < -0.4 is 0 Å². The third-order valence-corrected chi connectivity index (χ3v) is 6.10. The van der Waals surface area contributed by atoms with E-state index in [0.29, 0.717) is 6.04 Å². The first-order chi connectivity index (χ1) is 13.7. The molecule has 0 spiro atoms. The van der Waals surface area contributed by atoms with Crippen molar-refractivity contribution in [2.45, 2.75) is 51.9 Å². The zero-order valence-corrected chi connectivity index (χ0v) is 17.3. The Hall–Kier alpha value is -2.24. The second-order valence-corrected chi connectivity index (χ2v) is 8.06. The average molecular weight is 393 g/mol. The SMILES string of the molecule is Cc1nn(CN2CCCCC2Cc2ccccc2)c(=S)n1Cc1ccccc1. The highest BCUT2D eigenvalue weighted by Gasteiger charge is 2.23. The van der Waals surface area contributed by atoms with E-state index in [1.165, 1.54) is 30.4 Å². The van der Waals surface area contributed by atoms with Gasteiger partial charge in [-0.1, -0.05) is 67.1 Å². The van der Waals surface area contributed by atoms with Crippen molar-refractivity contribution in [3.63, 3.8) is 0 Å². The van der Waals surface area contributed by atoms with Crippen molar-refractivity contribution in [2.24, 2.45) is 0 Å². The maximum atomic E-state index is 5.79. The van der Waals surface area contributed by atoms with Crippen molar-refractivity contribution in [1.29, 1.82) is 0 Å². The molecular weight excluding hydrogens is 364 g/mol. The van der Waals surface area contributed by atoms with Crippen LogP contribution in [0, 0.1) is 11.7 Å². The van der Waals surface area contributed by atoms with Crippen molar-refractivity contribution >= 4 is 12.2 Å². The van der Waals surface area contributed by atoms with Gasteiger partial charge in [-0.15, -0.1) is 0 Å². The molecule has 2 aromatic carbocycles. The fourth-order valence-corrected chi connectivity index (χ4v) is 4.42. The molecule has 28 heavy (non-hydrogen) atoms. The van der Waals surface area contributed by atoms with Crippen LogP contribution in [0.3, 0.4) is 0 Å². The van der Waals surface area contributed by atoms with E-state index >= 15 is 0 Å². The van der Waals surface area contributed by atoms with Gasteiger partial charge in [0.15, 0.2) is 4.77 Å². The van der Waals surface area contributed by atoms with E-state index < -0.39 is 0 Å². The Kier molecular flexibility index (Phi) is 6.03. The first-order valence-corrected chi connectivity index (χ1v) is 10.6. The lowest BCUT2D eigenvalue weighted by Gasteiger charge is -2.35. The summed E-state index contributed by atoms with van der Waals surface area (Å²) in [7, 11) is 0. The molecule has 1 fully saturated rings. The number of likely N-dealkylation sites (tertiary alicyclic amines) is 1. The van der Waals surface area contributed by atoms with E-state index in [0.717, 1.165) is 36.8 Å². The van der Waals surface area contributed by atoms with Crippen molar-refractivity contribution in [1.82, 2.24) is 19.2 Å². The normalized spacial score (nSPS) is 17.7. The number of hydrogen-bond donors (Lipinski definition) is 0. The smallest absolute Gasteiger partial charge is 0.199 e. The van der Waals surface area contributed by atoms with Gasteiger partial charge in [-0.3, -0.25) is 9.47 Å². The minimum Gasteiger partial charge on any atom is -0.300 e. The summed E-state index contributed by atoms with van der Waals surface area (Å²) in [5, 5.41) is 4.78. The van der Waals surface area contributed by atoms with Gasteiger partial charge in [-0.25, -0.2) is 4.68 Å². The first kappa shape index (κ1) is 19.1. The number of benzene rings is 2. The second kappa shape index (κ2) is 8.84. The fraction of sp³-hybridized carbons (Fsp3) is 0.391. The summed E-state index contributed by atoms with van der Waals surface area (Å²) in [6.07, 6.45) is 4.90. The Morgan fingerprint density at radius 1 is 0.964 bits per heavy atom. The number of rotatable bonds is 6. The molecule has 0 N–H and O–H groups in total. The molecule has 4 rings (SSSR count). The molecule has 1 saturated heterocycles. The topological polar surface area (TPSA) is 26.0 Å². The Morgan fingerprint density at radius 3 is 2.36 bits per heavy atom. The predicted octanol–water partition coefficient (Wildman–Crippen LogP) is 4.83. The van der Waals surface area contributed by atoms with Crippen LogP contribution in [0.2, 0.25) is 0 Å². The summed E-state index contributed by atoms with van der Waals surface area (Å²) in [6, 6.07) is 21.8. The van der Waals surface area contributed by atoms with E-state index in [2.05, 4.69) is 64.1 Å². The highest BCUT2D eigenvalue weighted by Crippen LogP contribution is 2.21. The van der Waals surface area contributed by atoms with Gasteiger partial charge in [0.1, 0.15) is 5.82 Å². The van der Waals surface area contributed by atoms with Crippen LogP contribution in [0.15, 0.2) is 60.7 Å². The fourth-order valence-electron chi connectivity index (χ4n) is 4.12. The lowest BCUT2D eigenvalue weighted by atomic mass is 9.96. The zero-order chi connectivity index (χ0) is 19.3. The van der Waals surface area contributed by atoms with Crippen LogP contribution >= 0.6 is 12.2 Å². The van der Waals surface area contributed by atoms with Gasteiger partial charge in [0.25, 0.3) is 0 Å². The summed E-state index contributed by atoms with van der Waals surface area (Å²) in [4.78, 5) is 2.56. The van der Waals surface area contributed by atoms with Gasteiger partial charge < -0.3 is 0 Å². The quantitative estimate of drug-likeness (QED) is 0.562. The van der Waals surface area contributed by atoms with Crippen molar-refractivity contribution in [3.8, 4) is 0 Å². The largest absolute Gasteiger partial charge is 0.300 e. The number of aryl methyl sites for hydroxylation is 1. The van der Waals surface area contributed by atoms with Gasteiger partial charge in [0.05, 0.1) is 13.2 Å². The maximum Gasteiger partial charge on any atom is 0.199 e. The van der Waals surface area contributed by atoms with Crippen molar-refractivity contribution in [3.05, 3.63) is 82.4 Å². The van der Waals surface area contributed by atoms with Crippen LogP contribution in [0.4, 0.5) is 0 Å². The van der Waals surface area contributed by atoms with Crippen LogP contribution in [0.1, 0.15) is 36.2 Å². The van der Waals surface area contributed by atoms with E-state index in [4.69, 9.17) is 17.3 Å². The molecule has 0 bridgehead atoms. The second-order valence-electron chi connectivity index (χ2n) is 7.69. The average Bonchev–Trinajstić information content (AvgIpc) is 2.98. The standard InChI is InChI=1S/C23H28N4S/c1-19-24-27(23(28)26(19)17-21-12-6-3-7-13-21)18-25-15-9-8-14-22(25)16-20-10-4-2-5-11-20/h2-7,10-13,22H,8-9,14-18H2,1H3. The third-order valence-electron chi connectivity index (χ3n) is 5.67. The van der Waals surface area contributed by atoms with Crippen LogP contribution in [0.5, 0.6) is 0 Å². The number of aromatic nitrogens is 3. The lowest BCUT2D eigenvalue weighted by molar-refractivity contribution is 0.103. The highest BCUT2D eigenvalue weighted by atomic mass is 32.1. The summed E-state index contributed by atoms with van der Waals surface area (Å²) in [5.74, 6) is 0.977. The molecule has 1 aliphatic heterocycles. The van der Waals surface area contributed by atoms with E-state index in [1.54, 1.807) is 0 Å². The van der Waals surface area contributed by atoms with Gasteiger partial charge in [0.2, 0.25) is 0 Å². The predicted molar refractivity (Wildman–Crippen MR) is 116 cm³/mol. The Balaban J connectivity index is 1.51. The van der Waals surface area contributed by atoms with E-state index in [1.807, 2.05) is 17.7 Å². The third kappa shape index (κ3) is 4.42. The highest BCUT2D eigenvalue weighted by molar-refractivity contribution is 7.71. The molecule has 4 nitrogen and oxygen atoms in total. The molecule has 1 atom stereocenters. The number of piperidine rings is 1. The van der Waals surface area contributed by atoms with Crippen LogP contribution in [-0.4, -0.2) is 31.8 Å². The Labute approximate surface area is 172 Å². The molecule has 1 aliphatic rings. The van der Waals surface area contributed by atoms with E-state index in [9.17, 15) is 0 Å². The molecule has 1 unspecified atom stereocenters. The molecule has 0 amide bonds. The first-order valence-electron chi connectivity index (χ1n) is 10.2. The van der Waals surface area contributed by atoms with Gasteiger partial charge in [0, 0.05) is 12.6 Å². The molecule has 0 aliphatic carbocycles. The van der Waals surface area contributed by atoms with Gasteiger partial charge in [-0.2, -0.15) is 5.10 Å². The summed E-state index contributed by atoms with van der Waals surface area (Å²) in [5.41, 5.74) is 2.66. The zero-order valence-electron chi connectivity index (χ0n) is 16.5. The molecule has 0 radical (unpaired) electrons. The molecule has 146 valence electrons. The summed E-state index contributed by atoms with van der Waals surface area (Å²) >= 11 is 5.79. The number of hydrogen-bond acceptors (Lipinski definition) is 3. The lowest BCUT2D eigenvalue weighted by Crippen LogP contribution is -2.42. The number of nitrogens with zero attached hydrogens (tertiary/aromatic N) is 4. The van der Waals surface area contributed by atoms with Gasteiger partial charge in [-0.05, 0) is 49.5 Å². The van der Waals surface area contributed by atoms with E-state index in [-0.39, 0.29) is 0 Å². The molecule has 2 heterocycles. The monoisotopic (exact) mass is 392 g/mol. The van der Waals surface area contributed by atoms with Gasteiger partial charge >= 0.3 is 0 Å². The molecular formula is C23H28N4S. The minimum atomic E-state index is 0.553. The van der Waals surface area contributed by atoms with Crippen molar-refractivity contribution in [2.75, 3.05) is 6.54 Å². The molecule has 3 aromatic rings. The maximum absolute atomic E-state index is 5.79. The minimum absolute atomic E-state index is 0.553. The summed E-state index contributed by atoms with van der Waals surface area (Å²) < 4.78 is 4.96. The van der Waals surface area contributed by atoms with Crippen LogP contribution in [0.25, 0.3) is 0 Å². The van der Waals surface area contributed by atoms with Crippen molar-refractivity contribution < 1.29 is 0 Å². The molecule has 1 aromatic heterocycles. The van der Waals surface area contributed by atoms with Crippen LogP contribution in [-0.2, 0) is 19.6 Å². The Bertz CT molecular complexity index is 946.